The van der Waals surface area contributed by atoms with Crippen molar-refractivity contribution in [1.29, 1.82) is 0 Å². The standard InChI is InChI=1S/C23H26N2O4/c1-2-3-11-24(13-17-7-5-4-6-8-17)23(27)19-14-25(15-19)22(26)18-9-10-20-21(12-18)29-16-28-20/h4-10,12,19H,2-3,11,13-16H2,1H3. The van der Waals surface area contributed by atoms with Gasteiger partial charge in [-0.2, -0.15) is 0 Å². The van der Waals surface area contributed by atoms with Crippen LogP contribution in [-0.2, 0) is 11.3 Å². The van der Waals surface area contributed by atoms with Gasteiger partial charge in [0.2, 0.25) is 12.7 Å². The van der Waals surface area contributed by atoms with E-state index in [2.05, 4.69) is 6.92 Å². The molecule has 0 unspecified atom stereocenters. The first-order valence-corrected chi connectivity index (χ1v) is 10.2. The summed E-state index contributed by atoms with van der Waals surface area (Å²) in [6.45, 7) is 4.60. The fourth-order valence-corrected chi connectivity index (χ4v) is 3.69. The van der Waals surface area contributed by atoms with Crippen molar-refractivity contribution in [3.8, 4) is 11.5 Å². The molecular weight excluding hydrogens is 368 g/mol. The van der Waals surface area contributed by atoms with E-state index in [1.54, 1.807) is 23.1 Å². The summed E-state index contributed by atoms with van der Waals surface area (Å²) in [5.74, 6) is 1.18. The Morgan fingerprint density at radius 3 is 2.59 bits per heavy atom. The van der Waals surface area contributed by atoms with Gasteiger partial charge in [-0.15, -0.1) is 0 Å². The van der Waals surface area contributed by atoms with Gasteiger partial charge in [-0.1, -0.05) is 43.7 Å². The number of benzene rings is 2. The van der Waals surface area contributed by atoms with E-state index in [1.807, 2.05) is 35.2 Å². The van der Waals surface area contributed by atoms with Crippen LogP contribution in [0.4, 0.5) is 0 Å². The Kier molecular flexibility index (Phi) is 5.69. The average molecular weight is 394 g/mol. The van der Waals surface area contributed by atoms with E-state index in [1.165, 1.54) is 0 Å². The molecule has 0 spiro atoms. The van der Waals surface area contributed by atoms with Crippen molar-refractivity contribution in [2.75, 3.05) is 26.4 Å². The number of carbonyl (C=O) groups excluding carboxylic acids is 2. The first-order chi connectivity index (χ1) is 14.2. The third-order valence-electron chi connectivity index (χ3n) is 5.45. The summed E-state index contributed by atoms with van der Waals surface area (Å²) in [5.41, 5.74) is 1.69. The summed E-state index contributed by atoms with van der Waals surface area (Å²) >= 11 is 0. The van der Waals surface area contributed by atoms with Gasteiger partial charge in [0.15, 0.2) is 11.5 Å². The Bertz CT molecular complexity index is 878. The van der Waals surface area contributed by atoms with Gasteiger partial charge in [0, 0.05) is 31.7 Å². The van der Waals surface area contributed by atoms with Crippen LogP contribution in [0.25, 0.3) is 0 Å². The number of unbranched alkanes of at least 4 members (excludes halogenated alkanes) is 1. The van der Waals surface area contributed by atoms with Crippen LogP contribution < -0.4 is 9.47 Å². The monoisotopic (exact) mass is 394 g/mol. The number of nitrogens with zero attached hydrogens (tertiary/aromatic N) is 2. The van der Waals surface area contributed by atoms with E-state index in [0.717, 1.165) is 24.9 Å². The Labute approximate surface area is 171 Å². The summed E-state index contributed by atoms with van der Waals surface area (Å²) in [4.78, 5) is 29.4. The predicted octanol–water partition coefficient (Wildman–Crippen LogP) is 3.32. The SMILES string of the molecule is CCCCN(Cc1ccccc1)C(=O)C1CN(C(=O)c2ccc3c(c2)OCO3)C1. The maximum atomic E-state index is 13.0. The third kappa shape index (κ3) is 4.21. The molecule has 0 bridgehead atoms. The molecule has 0 radical (unpaired) electrons. The number of ether oxygens (including phenoxy) is 2. The highest BCUT2D eigenvalue weighted by Gasteiger charge is 2.38. The summed E-state index contributed by atoms with van der Waals surface area (Å²) in [6.07, 6.45) is 2.02. The topological polar surface area (TPSA) is 59.1 Å². The molecule has 2 heterocycles. The lowest BCUT2D eigenvalue weighted by molar-refractivity contribution is -0.140. The van der Waals surface area contributed by atoms with Gasteiger partial charge in [0.1, 0.15) is 0 Å². The molecule has 2 amide bonds. The average Bonchev–Trinajstić information content (AvgIpc) is 3.18. The largest absolute Gasteiger partial charge is 0.454 e. The van der Waals surface area contributed by atoms with Crippen LogP contribution in [0, 0.1) is 5.92 Å². The summed E-state index contributed by atoms with van der Waals surface area (Å²) in [7, 11) is 0. The molecule has 2 aliphatic rings. The van der Waals surface area contributed by atoms with Crippen LogP contribution in [0.3, 0.4) is 0 Å². The first kappa shape index (κ1) is 19.3. The van der Waals surface area contributed by atoms with Crippen molar-refractivity contribution in [2.45, 2.75) is 26.3 Å². The number of amides is 2. The first-order valence-electron chi connectivity index (χ1n) is 10.2. The highest BCUT2D eigenvalue weighted by Crippen LogP contribution is 2.33. The van der Waals surface area contributed by atoms with Gasteiger partial charge in [-0.3, -0.25) is 9.59 Å². The smallest absolute Gasteiger partial charge is 0.254 e. The fraction of sp³-hybridized carbons (Fsp3) is 0.391. The normalized spacial score (nSPS) is 15.1. The highest BCUT2D eigenvalue weighted by atomic mass is 16.7. The number of hydrogen-bond acceptors (Lipinski definition) is 4. The number of rotatable bonds is 7. The zero-order valence-electron chi connectivity index (χ0n) is 16.7. The van der Waals surface area contributed by atoms with E-state index in [4.69, 9.17) is 9.47 Å². The lowest BCUT2D eigenvalue weighted by atomic mass is 9.96. The molecule has 6 nitrogen and oxygen atoms in total. The summed E-state index contributed by atoms with van der Waals surface area (Å²) in [6, 6.07) is 15.3. The van der Waals surface area contributed by atoms with E-state index >= 15 is 0 Å². The van der Waals surface area contributed by atoms with Crippen LogP contribution in [0.15, 0.2) is 48.5 Å². The van der Waals surface area contributed by atoms with Crippen molar-refractivity contribution in [3.05, 3.63) is 59.7 Å². The molecule has 152 valence electrons. The van der Waals surface area contributed by atoms with Gasteiger partial charge in [0.05, 0.1) is 5.92 Å². The van der Waals surface area contributed by atoms with Crippen molar-refractivity contribution < 1.29 is 19.1 Å². The van der Waals surface area contributed by atoms with Crippen LogP contribution in [-0.4, -0.2) is 48.0 Å². The molecule has 0 saturated carbocycles. The second kappa shape index (κ2) is 8.55. The maximum absolute atomic E-state index is 13.0. The molecule has 1 fully saturated rings. The Morgan fingerprint density at radius 1 is 1.07 bits per heavy atom. The maximum Gasteiger partial charge on any atom is 0.254 e. The third-order valence-corrected chi connectivity index (χ3v) is 5.45. The van der Waals surface area contributed by atoms with Crippen molar-refractivity contribution in [2.24, 2.45) is 5.92 Å². The highest BCUT2D eigenvalue weighted by molar-refractivity contribution is 5.96. The van der Waals surface area contributed by atoms with Crippen molar-refractivity contribution in [3.63, 3.8) is 0 Å². The van der Waals surface area contributed by atoms with E-state index in [0.29, 0.717) is 36.7 Å². The molecule has 0 atom stereocenters. The second-order valence-corrected chi connectivity index (χ2v) is 7.57. The molecule has 29 heavy (non-hydrogen) atoms. The lowest BCUT2D eigenvalue weighted by Crippen LogP contribution is -2.56. The van der Waals surface area contributed by atoms with E-state index in [9.17, 15) is 9.59 Å². The zero-order chi connectivity index (χ0) is 20.2. The van der Waals surface area contributed by atoms with Gasteiger partial charge < -0.3 is 19.3 Å². The van der Waals surface area contributed by atoms with Crippen LogP contribution in [0.5, 0.6) is 11.5 Å². The predicted molar refractivity (Wildman–Crippen MR) is 109 cm³/mol. The molecule has 0 N–H and O–H groups in total. The quantitative estimate of drug-likeness (QED) is 0.723. The van der Waals surface area contributed by atoms with E-state index < -0.39 is 0 Å². The minimum Gasteiger partial charge on any atom is -0.454 e. The number of hydrogen-bond donors (Lipinski definition) is 0. The zero-order valence-corrected chi connectivity index (χ0v) is 16.7. The van der Waals surface area contributed by atoms with Gasteiger partial charge in [-0.05, 0) is 30.2 Å². The molecular formula is C23H26N2O4. The van der Waals surface area contributed by atoms with Gasteiger partial charge in [0.25, 0.3) is 5.91 Å². The molecule has 0 aromatic heterocycles. The summed E-state index contributed by atoms with van der Waals surface area (Å²) in [5, 5.41) is 0. The molecule has 4 rings (SSSR count). The molecule has 2 aromatic rings. The Balaban J connectivity index is 1.36. The van der Waals surface area contributed by atoms with E-state index in [-0.39, 0.29) is 24.5 Å². The Hall–Kier alpha value is -3.02. The molecule has 0 aliphatic carbocycles. The van der Waals surface area contributed by atoms with Crippen molar-refractivity contribution in [1.82, 2.24) is 9.80 Å². The molecule has 2 aromatic carbocycles. The second-order valence-electron chi connectivity index (χ2n) is 7.57. The van der Waals surface area contributed by atoms with Crippen LogP contribution in [0.2, 0.25) is 0 Å². The van der Waals surface area contributed by atoms with Crippen LogP contribution in [0.1, 0.15) is 35.7 Å². The number of fused-ring (bicyclic) bond motifs is 1. The summed E-state index contributed by atoms with van der Waals surface area (Å²) < 4.78 is 10.6. The lowest BCUT2D eigenvalue weighted by Gasteiger charge is -2.40. The molecule has 1 saturated heterocycles. The molecule has 2 aliphatic heterocycles. The molecule has 6 heteroatoms. The van der Waals surface area contributed by atoms with Gasteiger partial charge in [-0.25, -0.2) is 0 Å². The van der Waals surface area contributed by atoms with Gasteiger partial charge >= 0.3 is 0 Å². The van der Waals surface area contributed by atoms with Crippen LogP contribution >= 0.6 is 0 Å². The Morgan fingerprint density at radius 2 is 1.83 bits per heavy atom. The fourth-order valence-electron chi connectivity index (χ4n) is 3.69. The van der Waals surface area contributed by atoms with Crippen molar-refractivity contribution >= 4 is 11.8 Å². The minimum atomic E-state index is -0.131. The number of likely N-dealkylation sites (tertiary alicyclic amines) is 1. The minimum absolute atomic E-state index is 0.0736. The number of carbonyl (C=O) groups is 2.